The fraction of sp³-hybridized carbons (Fsp3) is 0.471. The summed E-state index contributed by atoms with van der Waals surface area (Å²) in [5.74, 6) is 1.19. The largest absolute Gasteiger partial charge is 0.478 e. The first-order valence-corrected chi connectivity index (χ1v) is 7.25. The summed E-state index contributed by atoms with van der Waals surface area (Å²) in [5.41, 5.74) is 2.02. The number of rotatable bonds is 5. The monoisotopic (exact) mass is 271 g/mol. The quantitative estimate of drug-likeness (QED) is 0.891. The number of hydrogen-bond acceptors (Lipinski definition) is 3. The Morgan fingerprint density at radius 2 is 2.05 bits per heavy atom. The van der Waals surface area contributed by atoms with Gasteiger partial charge in [0.05, 0.1) is 6.61 Å². The van der Waals surface area contributed by atoms with Crippen molar-refractivity contribution < 1.29 is 9.84 Å². The Labute approximate surface area is 120 Å². The van der Waals surface area contributed by atoms with Crippen LogP contribution in [-0.2, 0) is 0 Å². The SMILES string of the molecule is N#CCOc1ccccc1/C=C(/CO)C1CCCCC1. The van der Waals surface area contributed by atoms with E-state index in [-0.39, 0.29) is 13.2 Å². The summed E-state index contributed by atoms with van der Waals surface area (Å²) in [6.07, 6.45) is 8.14. The molecule has 3 nitrogen and oxygen atoms in total. The molecule has 0 saturated heterocycles. The van der Waals surface area contributed by atoms with Crippen molar-refractivity contribution in [3.05, 3.63) is 35.4 Å². The van der Waals surface area contributed by atoms with Crippen molar-refractivity contribution >= 4 is 6.08 Å². The van der Waals surface area contributed by atoms with Gasteiger partial charge in [0.2, 0.25) is 0 Å². The average Bonchev–Trinajstić information content (AvgIpc) is 2.52. The normalized spacial score (nSPS) is 16.7. The van der Waals surface area contributed by atoms with Crippen molar-refractivity contribution in [2.45, 2.75) is 32.1 Å². The topological polar surface area (TPSA) is 53.2 Å². The predicted octanol–water partition coefficient (Wildman–Crippen LogP) is 3.54. The zero-order valence-electron chi connectivity index (χ0n) is 11.7. The molecule has 1 aromatic carbocycles. The smallest absolute Gasteiger partial charge is 0.174 e. The number of aliphatic hydroxyl groups is 1. The molecule has 0 bridgehead atoms. The molecule has 0 heterocycles. The van der Waals surface area contributed by atoms with E-state index in [9.17, 15) is 5.11 Å². The second-order valence-electron chi connectivity index (χ2n) is 5.20. The molecule has 0 spiro atoms. The van der Waals surface area contributed by atoms with Gasteiger partial charge in [0.1, 0.15) is 11.8 Å². The van der Waals surface area contributed by atoms with Crippen LogP contribution in [0.2, 0.25) is 0 Å². The summed E-state index contributed by atoms with van der Waals surface area (Å²) in [4.78, 5) is 0. The third-order valence-electron chi connectivity index (χ3n) is 3.86. The van der Waals surface area contributed by atoms with Crippen LogP contribution in [0.1, 0.15) is 37.7 Å². The van der Waals surface area contributed by atoms with Crippen LogP contribution in [0.4, 0.5) is 0 Å². The summed E-state index contributed by atoms with van der Waals surface area (Å²) < 4.78 is 5.43. The second kappa shape index (κ2) is 7.72. The van der Waals surface area contributed by atoms with Crippen LogP contribution in [0, 0.1) is 17.2 Å². The van der Waals surface area contributed by atoms with Crippen LogP contribution in [0.3, 0.4) is 0 Å². The molecule has 2 rings (SSSR count). The van der Waals surface area contributed by atoms with Crippen LogP contribution >= 0.6 is 0 Å². The highest BCUT2D eigenvalue weighted by molar-refractivity contribution is 5.60. The molecule has 20 heavy (non-hydrogen) atoms. The maximum atomic E-state index is 9.65. The summed E-state index contributed by atoms with van der Waals surface area (Å²) in [6, 6.07) is 9.64. The molecule has 1 aliphatic rings. The van der Waals surface area contributed by atoms with Crippen LogP contribution in [0.25, 0.3) is 6.08 Å². The van der Waals surface area contributed by atoms with Crippen molar-refractivity contribution in [1.29, 1.82) is 5.26 Å². The highest BCUT2D eigenvalue weighted by atomic mass is 16.5. The first-order chi connectivity index (χ1) is 9.85. The molecule has 106 valence electrons. The van der Waals surface area contributed by atoms with Crippen molar-refractivity contribution in [3.63, 3.8) is 0 Å². The Hall–Kier alpha value is -1.79. The van der Waals surface area contributed by atoms with Crippen molar-refractivity contribution in [1.82, 2.24) is 0 Å². The van der Waals surface area contributed by atoms with Crippen molar-refractivity contribution in [2.75, 3.05) is 13.2 Å². The molecular weight excluding hydrogens is 250 g/mol. The number of benzene rings is 1. The fourth-order valence-corrected chi connectivity index (χ4v) is 2.81. The van der Waals surface area contributed by atoms with Crippen LogP contribution in [0.5, 0.6) is 5.75 Å². The first kappa shape index (κ1) is 14.6. The first-order valence-electron chi connectivity index (χ1n) is 7.25. The van der Waals surface area contributed by atoms with Crippen molar-refractivity contribution in [3.8, 4) is 11.8 Å². The molecule has 0 aliphatic heterocycles. The van der Waals surface area contributed by atoms with E-state index in [2.05, 4.69) is 0 Å². The lowest BCUT2D eigenvalue weighted by molar-refractivity contribution is 0.295. The maximum absolute atomic E-state index is 9.65. The lowest BCUT2D eigenvalue weighted by Crippen LogP contribution is -2.11. The van der Waals surface area contributed by atoms with Crippen molar-refractivity contribution in [2.24, 2.45) is 5.92 Å². The molecule has 1 aromatic rings. The number of para-hydroxylation sites is 1. The Morgan fingerprint density at radius 1 is 1.30 bits per heavy atom. The highest BCUT2D eigenvalue weighted by Crippen LogP contribution is 2.32. The zero-order valence-corrected chi connectivity index (χ0v) is 11.7. The molecule has 3 heteroatoms. The van der Waals surface area contributed by atoms with E-state index in [1.807, 2.05) is 36.4 Å². The standard InChI is InChI=1S/C17H21NO2/c18-10-11-20-17-9-5-4-8-15(17)12-16(13-19)14-6-2-1-3-7-14/h4-5,8-9,12,14,19H,1-3,6-7,11,13H2/b16-12-. The van der Waals surface area contributed by atoms with Gasteiger partial charge in [0.15, 0.2) is 6.61 Å². The van der Waals surface area contributed by atoms with Gasteiger partial charge in [-0.1, -0.05) is 37.5 Å². The molecule has 1 fully saturated rings. The second-order valence-corrected chi connectivity index (χ2v) is 5.20. The molecule has 0 atom stereocenters. The molecule has 0 aromatic heterocycles. The average molecular weight is 271 g/mol. The van der Waals surface area contributed by atoms with E-state index in [1.54, 1.807) is 0 Å². The third-order valence-corrected chi connectivity index (χ3v) is 3.86. The summed E-state index contributed by atoms with van der Waals surface area (Å²) in [6.45, 7) is 0.139. The van der Waals surface area contributed by atoms with Gasteiger partial charge in [-0.25, -0.2) is 0 Å². The molecule has 0 unspecified atom stereocenters. The van der Waals surface area contributed by atoms with Crippen LogP contribution < -0.4 is 4.74 Å². The Balaban J connectivity index is 2.20. The number of ether oxygens (including phenoxy) is 1. The van der Waals surface area contributed by atoms with Gasteiger partial charge in [0, 0.05) is 5.56 Å². The van der Waals surface area contributed by atoms with E-state index in [0.29, 0.717) is 11.7 Å². The van der Waals surface area contributed by atoms with Gasteiger partial charge in [-0.3, -0.25) is 0 Å². The lowest BCUT2D eigenvalue weighted by atomic mass is 9.83. The molecule has 0 radical (unpaired) electrons. The number of aliphatic hydroxyl groups excluding tert-OH is 1. The van der Waals surface area contributed by atoms with E-state index in [0.717, 1.165) is 24.0 Å². The number of hydrogen-bond donors (Lipinski definition) is 1. The van der Waals surface area contributed by atoms with E-state index in [4.69, 9.17) is 10.00 Å². The van der Waals surface area contributed by atoms with Crippen LogP contribution in [-0.4, -0.2) is 18.3 Å². The lowest BCUT2D eigenvalue weighted by Gasteiger charge is -2.23. The molecule has 1 saturated carbocycles. The Morgan fingerprint density at radius 3 is 2.75 bits per heavy atom. The predicted molar refractivity (Wildman–Crippen MR) is 79.2 cm³/mol. The van der Waals surface area contributed by atoms with E-state index >= 15 is 0 Å². The highest BCUT2D eigenvalue weighted by Gasteiger charge is 2.17. The van der Waals surface area contributed by atoms with E-state index in [1.165, 1.54) is 19.3 Å². The van der Waals surface area contributed by atoms with Gasteiger partial charge >= 0.3 is 0 Å². The fourth-order valence-electron chi connectivity index (χ4n) is 2.81. The summed E-state index contributed by atoms with van der Waals surface area (Å²) in [5, 5.41) is 18.3. The Bertz CT molecular complexity index is 496. The minimum Gasteiger partial charge on any atom is -0.478 e. The maximum Gasteiger partial charge on any atom is 0.174 e. The molecular formula is C17H21NO2. The molecule has 0 amide bonds. The van der Waals surface area contributed by atoms with Gasteiger partial charge in [0.25, 0.3) is 0 Å². The van der Waals surface area contributed by atoms with Crippen LogP contribution in [0.15, 0.2) is 29.8 Å². The number of nitrogens with zero attached hydrogens (tertiary/aromatic N) is 1. The van der Waals surface area contributed by atoms with E-state index < -0.39 is 0 Å². The Kier molecular flexibility index (Phi) is 5.64. The molecule has 1 N–H and O–H groups in total. The minimum absolute atomic E-state index is 0.0444. The molecule has 1 aliphatic carbocycles. The summed E-state index contributed by atoms with van der Waals surface area (Å²) >= 11 is 0. The summed E-state index contributed by atoms with van der Waals surface area (Å²) in [7, 11) is 0. The zero-order chi connectivity index (χ0) is 14.2. The van der Waals surface area contributed by atoms with Gasteiger partial charge < -0.3 is 9.84 Å². The van der Waals surface area contributed by atoms with Gasteiger partial charge in [-0.15, -0.1) is 0 Å². The number of nitriles is 1. The third kappa shape index (κ3) is 3.85. The van der Waals surface area contributed by atoms with Gasteiger partial charge in [-0.2, -0.15) is 5.26 Å². The minimum atomic E-state index is 0.0444. The van der Waals surface area contributed by atoms with Gasteiger partial charge in [-0.05, 0) is 36.5 Å².